The summed E-state index contributed by atoms with van der Waals surface area (Å²) in [5, 5.41) is 0. The number of aromatic nitrogens is 1. The summed E-state index contributed by atoms with van der Waals surface area (Å²) in [5.41, 5.74) is 6.63. The van der Waals surface area contributed by atoms with Crippen LogP contribution in [0.4, 0.5) is 0 Å². The van der Waals surface area contributed by atoms with E-state index < -0.39 is 9.84 Å². The molecule has 0 fully saturated rings. The summed E-state index contributed by atoms with van der Waals surface area (Å²) in [6.45, 7) is 3.63. The van der Waals surface area contributed by atoms with Crippen molar-refractivity contribution < 1.29 is 8.42 Å². The third-order valence-electron chi connectivity index (χ3n) is 2.02. The Kier molecular flexibility index (Phi) is 3.23. The van der Waals surface area contributed by atoms with Gasteiger partial charge in [0.2, 0.25) is 0 Å². The normalized spacial score (nSPS) is 11.6. The number of rotatable bonds is 3. The van der Waals surface area contributed by atoms with Crippen molar-refractivity contribution in [3.63, 3.8) is 0 Å². The Balaban J connectivity index is 3.26. The Hall–Kier alpha value is -0.940. The predicted molar refractivity (Wildman–Crippen MR) is 54.6 cm³/mol. The molecule has 2 N–H and O–H groups in total. The third kappa shape index (κ3) is 2.10. The topological polar surface area (TPSA) is 73.0 Å². The van der Waals surface area contributed by atoms with E-state index in [1.54, 1.807) is 26.0 Å². The molecule has 1 heterocycles. The van der Waals surface area contributed by atoms with E-state index in [0.717, 1.165) is 0 Å². The van der Waals surface area contributed by atoms with Crippen molar-refractivity contribution in [2.75, 3.05) is 5.75 Å². The van der Waals surface area contributed by atoms with E-state index in [1.807, 2.05) is 0 Å². The molecule has 0 radical (unpaired) electrons. The highest BCUT2D eigenvalue weighted by Gasteiger charge is 2.15. The smallest absolute Gasteiger partial charge is 0.179 e. The summed E-state index contributed by atoms with van der Waals surface area (Å²) < 4.78 is 23.1. The van der Waals surface area contributed by atoms with Crippen molar-refractivity contribution in [1.82, 2.24) is 4.98 Å². The summed E-state index contributed by atoms with van der Waals surface area (Å²) in [7, 11) is -3.16. The Morgan fingerprint density at radius 1 is 1.43 bits per heavy atom. The standard InChI is InChI=1S/C9H14N2O2S/c1-3-14(12,13)9-5-4-8(6-10)11-7(9)2/h4-5H,3,6,10H2,1-2H3. The minimum atomic E-state index is -3.16. The van der Waals surface area contributed by atoms with Gasteiger partial charge in [-0.2, -0.15) is 0 Å². The maximum Gasteiger partial charge on any atom is 0.179 e. The van der Waals surface area contributed by atoms with E-state index in [-0.39, 0.29) is 5.75 Å². The maximum absolute atomic E-state index is 11.6. The molecule has 0 bridgehead atoms. The van der Waals surface area contributed by atoms with Gasteiger partial charge >= 0.3 is 0 Å². The first-order valence-electron chi connectivity index (χ1n) is 4.40. The van der Waals surface area contributed by atoms with Gasteiger partial charge in [-0.1, -0.05) is 6.92 Å². The van der Waals surface area contributed by atoms with E-state index in [9.17, 15) is 8.42 Å². The highest BCUT2D eigenvalue weighted by atomic mass is 32.2. The SMILES string of the molecule is CCS(=O)(=O)c1ccc(CN)nc1C. The Morgan fingerprint density at radius 2 is 2.07 bits per heavy atom. The summed E-state index contributed by atoms with van der Waals surface area (Å²) in [5.74, 6) is 0.0947. The van der Waals surface area contributed by atoms with Crippen LogP contribution in [0, 0.1) is 6.92 Å². The molecule has 0 saturated heterocycles. The van der Waals surface area contributed by atoms with Crippen molar-refractivity contribution in [2.45, 2.75) is 25.3 Å². The zero-order valence-corrected chi connectivity index (χ0v) is 9.13. The lowest BCUT2D eigenvalue weighted by molar-refractivity contribution is 0.596. The first-order chi connectivity index (χ1) is 6.51. The number of pyridine rings is 1. The van der Waals surface area contributed by atoms with Crippen LogP contribution in [0.15, 0.2) is 17.0 Å². The molecule has 14 heavy (non-hydrogen) atoms. The van der Waals surface area contributed by atoms with Gasteiger partial charge in [0, 0.05) is 6.54 Å². The average Bonchev–Trinajstić information content (AvgIpc) is 2.17. The number of sulfone groups is 1. The average molecular weight is 214 g/mol. The molecule has 4 nitrogen and oxygen atoms in total. The van der Waals surface area contributed by atoms with Crippen LogP contribution in [0.1, 0.15) is 18.3 Å². The molecular weight excluding hydrogens is 200 g/mol. The second-order valence-corrected chi connectivity index (χ2v) is 5.24. The number of nitrogens with two attached hydrogens (primary N) is 1. The fraction of sp³-hybridized carbons (Fsp3) is 0.444. The molecule has 0 aliphatic heterocycles. The maximum atomic E-state index is 11.6. The molecule has 0 amide bonds. The Labute approximate surface area is 84.1 Å². The van der Waals surface area contributed by atoms with Gasteiger partial charge in [0.05, 0.1) is 22.0 Å². The fourth-order valence-corrected chi connectivity index (χ4v) is 2.28. The highest BCUT2D eigenvalue weighted by Crippen LogP contribution is 2.14. The molecule has 78 valence electrons. The van der Waals surface area contributed by atoms with Crippen LogP contribution >= 0.6 is 0 Å². The van der Waals surface area contributed by atoms with Gasteiger partial charge in [-0.25, -0.2) is 8.42 Å². The molecule has 1 aromatic heterocycles. The van der Waals surface area contributed by atoms with Gasteiger partial charge in [-0.15, -0.1) is 0 Å². The summed E-state index contributed by atoms with van der Waals surface area (Å²) >= 11 is 0. The van der Waals surface area contributed by atoms with Gasteiger partial charge in [0.15, 0.2) is 9.84 Å². The van der Waals surface area contributed by atoms with Crippen molar-refractivity contribution in [3.05, 3.63) is 23.5 Å². The molecule has 0 saturated carbocycles. The van der Waals surface area contributed by atoms with Crippen molar-refractivity contribution in [2.24, 2.45) is 5.73 Å². The van der Waals surface area contributed by atoms with Gasteiger partial charge in [-0.3, -0.25) is 4.98 Å². The minimum absolute atomic E-state index is 0.0947. The van der Waals surface area contributed by atoms with E-state index in [2.05, 4.69) is 4.98 Å². The lowest BCUT2D eigenvalue weighted by Gasteiger charge is -2.05. The summed E-state index contributed by atoms with van der Waals surface area (Å²) in [6, 6.07) is 3.22. The number of nitrogens with zero attached hydrogens (tertiary/aromatic N) is 1. The predicted octanol–water partition coefficient (Wildman–Crippen LogP) is 0.642. The second kappa shape index (κ2) is 4.06. The molecule has 5 heteroatoms. The first-order valence-corrected chi connectivity index (χ1v) is 6.06. The third-order valence-corrected chi connectivity index (χ3v) is 3.88. The van der Waals surface area contributed by atoms with Crippen LogP contribution in [0.3, 0.4) is 0 Å². The fourth-order valence-electron chi connectivity index (χ4n) is 1.20. The first kappa shape index (κ1) is 11.1. The van der Waals surface area contributed by atoms with Crippen LogP contribution in [0.2, 0.25) is 0 Å². The molecule has 0 aliphatic rings. The highest BCUT2D eigenvalue weighted by molar-refractivity contribution is 7.91. The van der Waals surface area contributed by atoms with E-state index in [1.165, 1.54) is 0 Å². The van der Waals surface area contributed by atoms with Crippen molar-refractivity contribution in [1.29, 1.82) is 0 Å². The van der Waals surface area contributed by atoms with Crippen molar-refractivity contribution in [3.8, 4) is 0 Å². The molecule has 1 rings (SSSR count). The minimum Gasteiger partial charge on any atom is -0.325 e. The number of hydrogen-bond acceptors (Lipinski definition) is 4. The zero-order valence-electron chi connectivity index (χ0n) is 8.32. The van der Waals surface area contributed by atoms with Crippen LogP contribution < -0.4 is 5.73 Å². The largest absolute Gasteiger partial charge is 0.325 e. The molecule has 0 atom stereocenters. The molecule has 1 aromatic rings. The molecule has 0 spiro atoms. The monoisotopic (exact) mass is 214 g/mol. The van der Waals surface area contributed by atoms with E-state index in [0.29, 0.717) is 22.8 Å². The van der Waals surface area contributed by atoms with Gasteiger partial charge in [-0.05, 0) is 19.1 Å². The van der Waals surface area contributed by atoms with Crippen molar-refractivity contribution >= 4 is 9.84 Å². The molecule has 0 aliphatic carbocycles. The zero-order chi connectivity index (χ0) is 10.8. The van der Waals surface area contributed by atoms with E-state index >= 15 is 0 Å². The van der Waals surface area contributed by atoms with Crippen LogP contribution in [0.5, 0.6) is 0 Å². The van der Waals surface area contributed by atoms with Gasteiger partial charge < -0.3 is 5.73 Å². The Morgan fingerprint density at radius 3 is 2.50 bits per heavy atom. The summed E-state index contributed by atoms with van der Waals surface area (Å²) in [6.07, 6.45) is 0. The second-order valence-electron chi connectivity index (χ2n) is 2.99. The van der Waals surface area contributed by atoms with Crippen LogP contribution in [0.25, 0.3) is 0 Å². The van der Waals surface area contributed by atoms with Crippen LogP contribution in [-0.4, -0.2) is 19.2 Å². The summed E-state index contributed by atoms with van der Waals surface area (Å²) in [4.78, 5) is 4.40. The lowest BCUT2D eigenvalue weighted by atomic mass is 10.3. The quantitative estimate of drug-likeness (QED) is 0.801. The molecule has 0 unspecified atom stereocenters. The number of aryl methyl sites for hydroxylation is 1. The van der Waals surface area contributed by atoms with Gasteiger partial charge in [0.1, 0.15) is 0 Å². The van der Waals surface area contributed by atoms with E-state index in [4.69, 9.17) is 5.73 Å². The van der Waals surface area contributed by atoms with Crippen LogP contribution in [-0.2, 0) is 16.4 Å². The van der Waals surface area contributed by atoms with Gasteiger partial charge in [0.25, 0.3) is 0 Å². The molecule has 0 aromatic carbocycles. The number of hydrogen-bond donors (Lipinski definition) is 1. The molecular formula is C9H14N2O2S. The lowest BCUT2D eigenvalue weighted by Crippen LogP contribution is -2.09. The Bertz CT molecular complexity index is 426.